The fourth-order valence-electron chi connectivity index (χ4n) is 13.0. The van der Waals surface area contributed by atoms with Crippen molar-refractivity contribution in [2.45, 2.75) is 308 Å². The summed E-state index contributed by atoms with van der Waals surface area (Å²) < 4.78 is 8.67. The Labute approximate surface area is 692 Å². The largest absolute Gasteiger partial charge is 0.263 e. The Morgan fingerprint density at radius 3 is 1.11 bits per heavy atom. The number of aromatic nitrogens is 8. The summed E-state index contributed by atoms with van der Waals surface area (Å²) >= 11 is 28.2. The highest BCUT2D eigenvalue weighted by molar-refractivity contribution is 9.11. The number of nitrogens with zero attached hydrogens (tertiary/aromatic N) is 8. The molecule has 8 aromatic rings. The van der Waals surface area contributed by atoms with E-state index >= 15 is 0 Å². The molecule has 0 aliphatic heterocycles. The number of pyridine rings is 8. The van der Waals surface area contributed by atoms with Crippen LogP contribution in [0.15, 0.2) is 134 Å². The molecule has 8 saturated carbocycles. The summed E-state index contributed by atoms with van der Waals surface area (Å²) in [7, 11) is 0. The van der Waals surface area contributed by atoms with Crippen molar-refractivity contribution in [2.24, 2.45) is 0 Å². The lowest BCUT2D eigenvalue weighted by molar-refractivity contribution is 0.829. The molecular weight excluding hydrogens is 1810 g/mol. The van der Waals surface area contributed by atoms with Crippen LogP contribution in [0.1, 0.15) is 398 Å². The topological polar surface area (TPSA) is 103 Å². The van der Waals surface area contributed by atoms with Gasteiger partial charge in [0, 0.05) is 108 Å². The molecule has 0 amide bonds. The van der Waals surface area contributed by atoms with Gasteiger partial charge in [0.2, 0.25) is 0 Å². The van der Waals surface area contributed by atoms with Crippen LogP contribution in [0.5, 0.6) is 0 Å². The second kappa shape index (κ2) is 39.8. The summed E-state index contributed by atoms with van der Waals surface area (Å²) in [5.41, 5.74) is 22.4. The monoisotopic (exact) mass is 1910 g/mol. The number of halogens is 8. The number of hydrogen-bond donors (Lipinski definition) is 0. The number of rotatable bonds is 16. The fraction of sp³-hybridized carbons (Fsp3) is 0.545. The van der Waals surface area contributed by atoms with E-state index in [1.54, 1.807) is 0 Å². The van der Waals surface area contributed by atoms with Gasteiger partial charge in [-0.1, -0.05) is 111 Å². The van der Waals surface area contributed by atoms with Gasteiger partial charge in [0.05, 0.1) is 5.69 Å². The van der Waals surface area contributed by atoms with Gasteiger partial charge in [0.15, 0.2) is 0 Å². The number of hydrogen-bond acceptors (Lipinski definition) is 8. The van der Waals surface area contributed by atoms with Crippen LogP contribution in [0.3, 0.4) is 0 Å². The molecule has 8 aliphatic carbocycles. The first-order valence-electron chi connectivity index (χ1n) is 38.7. The molecule has 16 rings (SSSR count). The molecule has 8 aliphatic rings. The highest BCUT2D eigenvalue weighted by atomic mass is 79.9. The molecule has 8 nitrogen and oxygen atoms in total. The molecule has 104 heavy (non-hydrogen) atoms. The van der Waals surface area contributed by atoms with Crippen molar-refractivity contribution in [3.8, 4) is 0 Å². The summed E-state index contributed by atoms with van der Waals surface area (Å²) in [6, 6.07) is 17.5. The van der Waals surface area contributed by atoms with Crippen LogP contribution < -0.4 is 0 Å². The van der Waals surface area contributed by atoms with E-state index in [1.807, 2.05) is 49.6 Å². The molecule has 0 atom stereocenters. The highest BCUT2D eigenvalue weighted by Crippen LogP contribution is 2.50. The first-order chi connectivity index (χ1) is 49.5. The van der Waals surface area contributed by atoms with E-state index in [2.05, 4.69) is 327 Å². The third-order valence-electron chi connectivity index (χ3n) is 20.4. The maximum absolute atomic E-state index is 4.49. The maximum Gasteiger partial charge on any atom is 0.109 e. The Hall–Kier alpha value is -2.96. The van der Waals surface area contributed by atoms with E-state index in [4.69, 9.17) is 0 Å². The second-order valence-corrected chi connectivity index (χ2v) is 39.0. The van der Waals surface area contributed by atoms with E-state index in [1.165, 1.54) is 201 Å². The van der Waals surface area contributed by atoms with Crippen LogP contribution in [-0.4, -0.2) is 39.9 Å². The summed E-state index contributed by atoms with van der Waals surface area (Å²) in [4.78, 5) is 34.9. The van der Waals surface area contributed by atoms with Gasteiger partial charge in [-0.15, -0.1) is 0 Å². The smallest absolute Gasteiger partial charge is 0.109 e. The van der Waals surface area contributed by atoms with Gasteiger partial charge in [-0.05, 0) is 416 Å². The zero-order valence-electron chi connectivity index (χ0n) is 64.4. The predicted molar refractivity (Wildman–Crippen MR) is 464 cm³/mol. The van der Waals surface area contributed by atoms with Crippen molar-refractivity contribution >= 4 is 127 Å². The van der Waals surface area contributed by atoms with E-state index in [0.29, 0.717) is 47.3 Å². The minimum Gasteiger partial charge on any atom is -0.263 e. The Morgan fingerprint density at radius 1 is 0.298 bits per heavy atom. The van der Waals surface area contributed by atoms with Crippen LogP contribution in [0, 0.1) is 0 Å². The third-order valence-corrected chi connectivity index (χ3v) is 25.1. The average Bonchev–Trinajstić information content (AvgIpc) is 1.68. The molecule has 0 saturated heterocycles. The van der Waals surface area contributed by atoms with Crippen molar-refractivity contribution in [1.29, 1.82) is 0 Å². The summed E-state index contributed by atoms with van der Waals surface area (Å²) in [5, 5.41) is 0. The average molecular weight is 1920 g/mol. The Kier molecular flexibility index (Phi) is 32.5. The summed E-state index contributed by atoms with van der Waals surface area (Å²) in [6.45, 7) is 35.7. The molecule has 0 unspecified atom stereocenters. The van der Waals surface area contributed by atoms with Crippen molar-refractivity contribution in [1.82, 2.24) is 39.9 Å². The van der Waals surface area contributed by atoms with Gasteiger partial charge < -0.3 is 0 Å². The Bertz CT molecular complexity index is 3860. The van der Waals surface area contributed by atoms with Crippen LogP contribution in [-0.2, 0) is 0 Å². The van der Waals surface area contributed by atoms with Gasteiger partial charge in [-0.2, -0.15) is 0 Å². The minimum absolute atomic E-state index is 0.579. The van der Waals surface area contributed by atoms with E-state index in [9.17, 15) is 0 Å². The van der Waals surface area contributed by atoms with E-state index < -0.39 is 0 Å². The molecular formula is C88H112Br8N8. The standard InChI is InChI=1S/8C11H14BrN/c1-7(2)11-9(8-3-4-8)5-13-6-10(11)12;2*1-7(2)9-5-11(8-3-4-8)13-6-10(9)12;2*1-7(2)9-5-11(12)13-6-10(9)8-3-4-8;1-7(2)9-5-10(8-3-4-8)13-11(12)6-9;1-7(2)9-5-6-13-11(10(9)12)8-3-4-8;1-7(2)9-5-6-13-11(12)10(9)8-3-4-8/h8*5-8H,3-4H2,1-2H3. The van der Waals surface area contributed by atoms with Gasteiger partial charge >= 0.3 is 0 Å². The molecule has 0 bridgehead atoms. The molecule has 16 heteroatoms. The maximum atomic E-state index is 4.49. The summed E-state index contributed by atoms with van der Waals surface area (Å²) in [6.07, 6.45) is 37.1. The first kappa shape index (κ1) is 85.0. The quantitative estimate of drug-likeness (QED) is 0.0882. The van der Waals surface area contributed by atoms with E-state index in [0.717, 1.165) is 74.7 Å². The minimum atomic E-state index is 0.579. The molecule has 8 fully saturated rings. The lowest BCUT2D eigenvalue weighted by atomic mass is 9.97. The van der Waals surface area contributed by atoms with Gasteiger partial charge in [-0.3, -0.25) is 19.9 Å². The fourth-order valence-corrected chi connectivity index (χ4v) is 18.0. The summed E-state index contributed by atoms with van der Waals surface area (Å²) in [5.74, 6) is 10.9. The highest BCUT2D eigenvalue weighted by Gasteiger charge is 2.33. The van der Waals surface area contributed by atoms with E-state index in [-0.39, 0.29) is 0 Å². The predicted octanol–water partition coefficient (Wildman–Crippen LogP) is 30.8. The molecule has 0 aromatic carbocycles. The molecule has 8 heterocycles. The molecule has 0 radical (unpaired) electrons. The van der Waals surface area contributed by atoms with Gasteiger partial charge in [0.25, 0.3) is 0 Å². The lowest BCUT2D eigenvalue weighted by Crippen LogP contribution is -1.97. The van der Waals surface area contributed by atoms with Crippen LogP contribution in [0.4, 0.5) is 0 Å². The zero-order valence-corrected chi connectivity index (χ0v) is 77.1. The second-order valence-electron chi connectivity index (χ2n) is 32.4. The molecule has 560 valence electrons. The van der Waals surface area contributed by atoms with Gasteiger partial charge in [-0.25, -0.2) is 19.9 Å². The SMILES string of the molecule is CC(C)c1c(Br)cncc1C1CC1.CC(C)c1cc(Br)nc(C2CC2)c1.CC(C)c1cc(Br)ncc1C1CC1.CC(C)c1cc(Br)ncc1C1CC1.CC(C)c1cc(C2CC2)ncc1Br.CC(C)c1cc(C2CC2)ncc1Br.CC(C)c1ccnc(Br)c1C1CC1.CC(C)c1ccnc(C2CC2)c1Br. The van der Waals surface area contributed by atoms with Crippen LogP contribution in [0.25, 0.3) is 0 Å². The van der Waals surface area contributed by atoms with Crippen molar-refractivity contribution in [3.05, 3.63) is 224 Å². The van der Waals surface area contributed by atoms with Crippen molar-refractivity contribution in [3.63, 3.8) is 0 Å². The molecule has 8 aromatic heterocycles. The third kappa shape index (κ3) is 26.1. The Morgan fingerprint density at radius 2 is 0.702 bits per heavy atom. The van der Waals surface area contributed by atoms with Crippen molar-refractivity contribution in [2.75, 3.05) is 0 Å². The molecule has 0 spiro atoms. The zero-order chi connectivity index (χ0) is 75.4. The van der Waals surface area contributed by atoms with Gasteiger partial charge in [0.1, 0.15) is 18.4 Å². The normalized spacial score (nSPS) is 16.6. The first-order valence-corrected chi connectivity index (χ1v) is 45.0. The Balaban J connectivity index is 0.000000138. The van der Waals surface area contributed by atoms with Crippen LogP contribution >= 0.6 is 127 Å². The van der Waals surface area contributed by atoms with Crippen LogP contribution in [0.2, 0.25) is 0 Å². The molecule has 0 N–H and O–H groups in total. The lowest BCUT2D eigenvalue weighted by Gasteiger charge is -2.13. The van der Waals surface area contributed by atoms with Crippen molar-refractivity contribution < 1.29 is 0 Å².